The van der Waals surface area contributed by atoms with Crippen LogP contribution < -0.4 is 9.31 Å². The molecule has 1 heterocycles. The highest BCUT2D eigenvalue weighted by molar-refractivity contribution is 6.36. The van der Waals surface area contributed by atoms with Gasteiger partial charge < -0.3 is 14.3 Å². The average molecular weight is 368 g/mol. The highest BCUT2D eigenvalue weighted by Crippen LogP contribution is 2.26. The molecular formula is C22H17BN2O3. The van der Waals surface area contributed by atoms with Gasteiger partial charge in [0.15, 0.2) is 0 Å². The van der Waals surface area contributed by atoms with Gasteiger partial charge in [0, 0.05) is 11.1 Å². The minimum absolute atomic E-state index is 0.0311. The summed E-state index contributed by atoms with van der Waals surface area (Å²) in [6.45, 7) is 0. The molecule has 0 aliphatic rings. The standard InChI is InChI=1S/C22H17BN2O3/c26-23(27-19-14-8-3-9-15-19)28-22-24-20(17-10-4-1-5-11-17)16-21(25-22)18-12-6-2-7-13-18/h1-16,26H. The number of nitrogens with zero attached hydrogens (tertiary/aromatic N) is 2. The molecule has 4 rings (SSSR count). The number of benzene rings is 3. The third-order valence-corrected chi connectivity index (χ3v) is 4.03. The van der Waals surface area contributed by atoms with Crippen molar-refractivity contribution in [2.24, 2.45) is 0 Å². The molecule has 0 aliphatic heterocycles. The quantitative estimate of drug-likeness (QED) is 0.516. The lowest BCUT2D eigenvalue weighted by molar-refractivity contribution is 0.287. The molecule has 5 nitrogen and oxygen atoms in total. The van der Waals surface area contributed by atoms with E-state index in [1.807, 2.05) is 84.9 Å². The number of para-hydroxylation sites is 1. The number of rotatable bonds is 6. The summed E-state index contributed by atoms with van der Waals surface area (Å²) in [4.78, 5) is 8.87. The zero-order valence-corrected chi connectivity index (χ0v) is 15.0. The van der Waals surface area contributed by atoms with Crippen molar-refractivity contribution in [3.05, 3.63) is 97.1 Å². The Hall–Kier alpha value is -3.64. The summed E-state index contributed by atoms with van der Waals surface area (Å²) >= 11 is 0. The predicted octanol–water partition coefficient (Wildman–Crippen LogP) is 4.25. The van der Waals surface area contributed by atoms with Crippen LogP contribution >= 0.6 is 0 Å². The van der Waals surface area contributed by atoms with Crippen LogP contribution in [0.2, 0.25) is 0 Å². The fourth-order valence-electron chi connectivity index (χ4n) is 2.72. The Morgan fingerprint density at radius 2 is 1.07 bits per heavy atom. The first kappa shape index (κ1) is 17.8. The van der Waals surface area contributed by atoms with Crippen molar-refractivity contribution >= 4 is 7.32 Å². The van der Waals surface area contributed by atoms with Gasteiger partial charge in [-0.25, -0.2) is 0 Å². The summed E-state index contributed by atoms with van der Waals surface area (Å²) in [6, 6.07) is 30.3. The molecule has 3 aromatic carbocycles. The van der Waals surface area contributed by atoms with Crippen molar-refractivity contribution in [3.63, 3.8) is 0 Å². The molecule has 28 heavy (non-hydrogen) atoms. The lowest BCUT2D eigenvalue weighted by Crippen LogP contribution is -2.30. The van der Waals surface area contributed by atoms with Gasteiger partial charge >= 0.3 is 13.3 Å². The van der Waals surface area contributed by atoms with Crippen molar-refractivity contribution in [2.75, 3.05) is 0 Å². The summed E-state index contributed by atoms with van der Waals surface area (Å²) in [7, 11) is -1.53. The van der Waals surface area contributed by atoms with E-state index < -0.39 is 7.32 Å². The van der Waals surface area contributed by atoms with Crippen molar-refractivity contribution in [1.29, 1.82) is 0 Å². The smallest absolute Gasteiger partial charge is 0.501 e. The molecule has 0 atom stereocenters. The molecule has 0 fully saturated rings. The maximum absolute atomic E-state index is 10.2. The zero-order chi connectivity index (χ0) is 19.2. The van der Waals surface area contributed by atoms with E-state index in [-0.39, 0.29) is 6.01 Å². The third kappa shape index (κ3) is 4.36. The Bertz CT molecular complexity index is 974. The van der Waals surface area contributed by atoms with Gasteiger partial charge in [-0.05, 0) is 18.2 Å². The second-order valence-corrected chi connectivity index (χ2v) is 6.01. The Kier molecular flexibility index (Phi) is 5.31. The van der Waals surface area contributed by atoms with E-state index >= 15 is 0 Å². The van der Waals surface area contributed by atoms with E-state index in [0.717, 1.165) is 11.1 Å². The normalized spacial score (nSPS) is 10.3. The first-order valence-electron chi connectivity index (χ1n) is 8.84. The summed E-state index contributed by atoms with van der Waals surface area (Å²) < 4.78 is 10.8. The van der Waals surface area contributed by atoms with Gasteiger partial charge in [-0.2, -0.15) is 9.97 Å². The predicted molar refractivity (Wildman–Crippen MR) is 109 cm³/mol. The molecule has 0 aliphatic carbocycles. The van der Waals surface area contributed by atoms with E-state index in [1.54, 1.807) is 12.1 Å². The molecule has 0 saturated carbocycles. The van der Waals surface area contributed by atoms with E-state index in [4.69, 9.17) is 9.31 Å². The molecule has 0 bridgehead atoms. The average Bonchev–Trinajstić information content (AvgIpc) is 2.75. The molecule has 1 aromatic heterocycles. The Balaban J connectivity index is 1.66. The number of aromatic nitrogens is 2. The second-order valence-electron chi connectivity index (χ2n) is 6.01. The van der Waals surface area contributed by atoms with Crippen LogP contribution in [0.3, 0.4) is 0 Å². The van der Waals surface area contributed by atoms with Gasteiger partial charge in [0.2, 0.25) is 0 Å². The van der Waals surface area contributed by atoms with Gasteiger partial charge in [-0.1, -0.05) is 78.9 Å². The fourth-order valence-corrected chi connectivity index (χ4v) is 2.72. The topological polar surface area (TPSA) is 64.5 Å². The SMILES string of the molecule is OB(Oc1ccccc1)Oc1nc(-c2ccccc2)cc(-c2ccccc2)n1. The van der Waals surface area contributed by atoms with Crippen LogP contribution in [0.25, 0.3) is 22.5 Å². The highest BCUT2D eigenvalue weighted by Gasteiger charge is 2.23. The molecule has 1 N–H and O–H groups in total. The minimum atomic E-state index is -1.53. The molecule has 136 valence electrons. The van der Waals surface area contributed by atoms with Crippen molar-refractivity contribution in [1.82, 2.24) is 9.97 Å². The molecule has 0 spiro atoms. The molecular weight excluding hydrogens is 351 g/mol. The molecule has 0 unspecified atom stereocenters. The Morgan fingerprint density at radius 1 is 0.607 bits per heavy atom. The van der Waals surface area contributed by atoms with Crippen LogP contribution in [-0.4, -0.2) is 22.3 Å². The fraction of sp³-hybridized carbons (Fsp3) is 0. The third-order valence-electron chi connectivity index (χ3n) is 4.03. The highest BCUT2D eigenvalue weighted by atomic mass is 16.7. The van der Waals surface area contributed by atoms with Gasteiger partial charge in [0.05, 0.1) is 11.4 Å². The van der Waals surface area contributed by atoms with Gasteiger partial charge in [-0.15, -0.1) is 0 Å². The van der Waals surface area contributed by atoms with Gasteiger partial charge in [0.25, 0.3) is 0 Å². The Morgan fingerprint density at radius 3 is 1.57 bits per heavy atom. The zero-order valence-electron chi connectivity index (χ0n) is 15.0. The van der Waals surface area contributed by atoms with Crippen LogP contribution in [0.4, 0.5) is 0 Å². The monoisotopic (exact) mass is 368 g/mol. The van der Waals surface area contributed by atoms with Crippen LogP contribution in [0.15, 0.2) is 97.1 Å². The minimum Gasteiger partial charge on any atom is -0.501 e. The van der Waals surface area contributed by atoms with Crippen molar-refractivity contribution < 1.29 is 14.3 Å². The molecule has 4 aromatic rings. The maximum atomic E-state index is 10.2. The lowest BCUT2D eigenvalue weighted by Gasteiger charge is -2.12. The summed E-state index contributed by atoms with van der Waals surface area (Å²) in [5.74, 6) is 0.484. The van der Waals surface area contributed by atoms with Crippen LogP contribution in [-0.2, 0) is 0 Å². The largest absolute Gasteiger partial charge is 0.787 e. The molecule has 0 saturated heterocycles. The number of hydrogen-bond donors (Lipinski definition) is 1. The summed E-state index contributed by atoms with van der Waals surface area (Å²) in [6.07, 6.45) is 0. The molecule has 6 heteroatoms. The van der Waals surface area contributed by atoms with Crippen molar-refractivity contribution in [2.45, 2.75) is 0 Å². The van der Waals surface area contributed by atoms with Crippen molar-refractivity contribution in [3.8, 4) is 34.3 Å². The van der Waals surface area contributed by atoms with E-state index in [0.29, 0.717) is 17.1 Å². The van der Waals surface area contributed by atoms with E-state index in [2.05, 4.69) is 9.97 Å². The van der Waals surface area contributed by atoms with Gasteiger partial charge in [-0.3, -0.25) is 0 Å². The summed E-state index contributed by atoms with van der Waals surface area (Å²) in [5, 5.41) is 10.2. The Labute approximate surface area is 163 Å². The van der Waals surface area contributed by atoms with E-state index in [1.165, 1.54) is 0 Å². The van der Waals surface area contributed by atoms with Crippen LogP contribution in [0, 0.1) is 0 Å². The maximum Gasteiger partial charge on any atom is 0.787 e. The lowest BCUT2D eigenvalue weighted by atomic mass is 10.1. The van der Waals surface area contributed by atoms with Gasteiger partial charge in [0.1, 0.15) is 5.75 Å². The van der Waals surface area contributed by atoms with E-state index in [9.17, 15) is 5.02 Å². The first-order chi connectivity index (χ1) is 13.8. The van der Waals surface area contributed by atoms with Crippen LogP contribution in [0.5, 0.6) is 11.8 Å². The van der Waals surface area contributed by atoms with Crippen LogP contribution in [0.1, 0.15) is 0 Å². The number of hydrogen-bond acceptors (Lipinski definition) is 5. The second kappa shape index (κ2) is 8.37. The molecule has 0 radical (unpaired) electrons. The first-order valence-corrected chi connectivity index (χ1v) is 8.84. The summed E-state index contributed by atoms with van der Waals surface area (Å²) in [5.41, 5.74) is 3.23. The molecule has 0 amide bonds.